The number of nitrogens with one attached hydrogen (secondary N) is 2. The standard InChI is InChI=1S/C17H25N3O/c1-13-6-9-20(10-7-13)16-4-2-3-15(11-16)19-17(21)14-5-8-18-12-14/h2-4,11,13-14,18H,5-10,12H2,1H3,(H,19,21). The summed E-state index contributed by atoms with van der Waals surface area (Å²) in [6, 6.07) is 8.27. The number of rotatable bonds is 3. The Morgan fingerprint density at radius 1 is 1.29 bits per heavy atom. The second kappa shape index (κ2) is 6.48. The van der Waals surface area contributed by atoms with Crippen LogP contribution in [0.1, 0.15) is 26.2 Å². The Kier molecular flexibility index (Phi) is 4.44. The Labute approximate surface area is 126 Å². The lowest BCUT2D eigenvalue weighted by molar-refractivity contribution is -0.119. The molecule has 2 fully saturated rings. The van der Waals surface area contributed by atoms with Gasteiger partial charge in [-0.1, -0.05) is 13.0 Å². The molecule has 2 aliphatic rings. The third-order valence-electron chi connectivity index (χ3n) is 4.69. The fourth-order valence-corrected chi connectivity index (χ4v) is 3.17. The Hall–Kier alpha value is -1.55. The highest BCUT2D eigenvalue weighted by Gasteiger charge is 2.22. The van der Waals surface area contributed by atoms with Gasteiger partial charge in [-0.15, -0.1) is 0 Å². The average molecular weight is 287 g/mol. The number of piperidine rings is 1. The first-order chi connectivity index (χ1) is 10.2. The number of hydrogen-bond acceptors (Lipinski definition) is 3. The number of anilines is 2. The molecule has 0 spiro atoms. The highest BCUT2D eigenvalue weighted by atomic mass is 16.1. The Morgan fingerprint density at radius 2 is 2.10 bits per heavy atom. The molecule has 3 rings (SSSR count). The van der Waals surface area contributed by atoms with Gasteiger partial charge in [-0.2, -0.15) is 0 Å². The molecule has 0 saturated carbocycles. The number of hydrogen-bond donors (Lipinski definition) is 2. The molecule has 1 aromatic carbocycles. The monoisotopic (exact) mass is 287 g/mol. The van der Waals surface area contributed by atoms with E-state index >= 15 is 0 Å². The van der Waals surface area contributed by atoms with E-state index in [1.165, 1.54) is 18.5 Å². The molecule has 2 heterocycles. The molecule has 2 aliphatic heterocycles. The van der Waals surface area contributed by atoms with E-state index in [0.717, 1.165) is 44.2 Å². The highest BCUT2D eigenvalue weighted by Crippen LogP contribution is 2.25. The van der Waals surface area contributed by atoms with Gasteiger partial charge in [0.05, 0.1) is 5.92 Å². The average Bonchev–Trinajstić information content (AvgIpc) is 3.02. The molecular weight excluding hydrogens is 262 g/mol. The Bertz CT molecular complexity index is 489. The van der Waals surface area contributed by atoms with Crippen molar-refractivity contribution in [2.45, 2.75) is 26.2 Å². The molecule has 1 aromatic rings. The maximum atomic E-state index is 12.2. The molecule has 21 heavy (non-hydrogen) atoms. The Balaban J connectivity index is 1.64. The number of benzene rings is 1. The van der Waals surface area contributed by atoms with E-state index in [2.05, 4.69) is 34.6 Å². The molecule has 4 heteroatoms. The summed E-state index contributed by atoms with van der Waals surface area (Å²) in [5, 5.41) is 6.30. The molecule has 1 amide bonds. The van der Waals surface area contributed by atoms with E-state index in [1.807, 2.05) is 12.1 Å². The second-order valence-corrected chi connectivity index (χ2v) is 6.40. The first-order valence-corrected chi connectivity index (χ1v) is 8.09. The summed E-state index contributed by atoms with van der Waals surface area (Å²) >= 11 is 0. The fourth-order valence-electron chi connectivity index (χ4n) is 3.17. The molecule has 0 bridgehead atoms. The van der Waals surface area contributed by atoms with E-state index in [0.29, 0.717) is 0 Å². The molecule has 1 unspecified atom stereocenters. The van der Waals surface area contributed by atoms with E-state index in [-0.39, 0.29) is 11.8 Å². The van der Waals surface area contributed by atoms with Crippen LogP contribution in [-0.2, 0) is 4.79 Å². The molecule has 0 aromatic heterocycles. The van der Waals surface area contributed by atoms with Gasteiger partial charge in [0.25, 0.3) is 0 Å². The van der Waals surface area contributed by atoms with Crippen LogP contribution in [-0.4, -0.2) is 32.1 Å². The van der Waals surface area contributed by atoms with Crippen LogP contribution in [0.3, 0.4) is 0 Å². The maximum absolute atomic E-state index is 12.2. The molecule has 0 radical (unpaired) electrons. The summed E-state index contributed by atoms with van der Waals surface area (Å²) in [6.45, 7) is 6.31. The van der Waals surface area contributed by atoms with Gasteiger partial charge in [-0.05, 0) is 49.9 Å². The minimum atomic E-state index is 0.115. The first kappa shape index (κ1) is 14.4. The van der Waals surface area contributed by atoms with Crippen LogP contribution >= 0.6 is 0 Å². The van der Waals surface area contributed by atoms with Crippen molar-refractivity contribution >= 4 is 17.3 Å². The lowest BCUT2D eigenvalue weighted by atomic mass is 9.99. The summed E-state index contributed by atoms with van der Waals surface area (Å²) in [7, 11) is 0. The number of carbonyl (C=O) groups is 1. The van der Waals surface area contributed by atoms with Crippen LogP contribution in [0.4, 0.5) is 11.4 Å². The van der Waals surface area contributed by atoms with Gasteiger partial charge >= 0.3 is 0 Å². The minimum Gasteiger partial charge on any atom is -0.371 e. The zero-order chi connectivity index (χ0) is 14.7. The first-order valence-electron chi connectivity index (χ1n) is 8.09. The van der Waals surface area contributed by atoms with Crippen LogP contribution in [0.5, 0.6) is 0 Å². The predicted molar refractivity (Wildman–Crippen MR) is 86.7 cm³/mol. The van der Waals surface area contributed by atoms with Gasteiger partial charge in [-0.3, -0.25) is 4.79 Å². The predicted octanol–water partition coefficient (Wildman–Crippen LogP) is 2.47. The van der Waals surface area contributed by atoms with Crippen molar-refractivity contribution in [2.24, 2.45) is 11.8 Å². The smallest absolute Gasteiger partial charge is 0.228 e. The number of carbonyl (C=O) groups excluding carboxylic acids is 1. The van der Waals surface area contributed by atoms with Crippen molar-refractivity contribution in [3.8, 4) is 0 Å². The quantitative estimate of drug-likeness (QED) is 0.897. The summed E-state index contributed by atoms with van der Waals surface area (Å²) in [5.41, 5.74) is 2.15. The number of nitrogens with zero attached hydrogens (tertiary/aromatic N) is 1. The second-order valence-electron chi connectivity index (χ2n) is 6.40. The summed E-state index contributed by atoms with van der Waals surface area (Å²) < 4.78 is 0. The lowest BCUT2D eigenvalue weighted by Gasteiger charge is -2.32. The largest absolute Gasteiger partial charge is 0.371 e. The minimum absolute atomic E-state index is 0.115. The van der Waals surface area contributed by atoms with Crippen LogP contribution in [0, 0.1) is 11.8 Å². The van der Waals surface area contributed by atoms with Crippen LogP contribution in [0.25, 0.3) is 0 Å². The topological polar surface area (TPSA) is 44.4 Å². The van der Waals surface area contributed by atoms with Gasteiger partial charge in [0.15, 0.2) is 0 Å². The molecule has 1 atom stereocenters. The van der Waals surface area contributed by atoms with Crippen molar-refractivity contribution in [3.63, 3.8) is 0 Å². The molecule has 0 aliphatic carbocycles. The van der Waals surface area contributed by atoms with Crippen LogP contribution in [0.2, 0.25) is 0 Å². The highest BCUT2D eigenvalue weighted by molar-refractivity contribution is 5.93. The summed E-state index contributed by atoms with van der Waals surface area (Å²) in [6.07, 6.45) is 3.45. The third-order valence-corrected chi connectivity index (χ3v) is 4.69. The van der Waals surface area contributed by atoms with Gasteiger partial charge in [0, 0.05) is 31.0 Å². The molecule has 2 saturated heterocycles. The van der Waals surface area contributed by atoms with Crippen molar-refractivity contribution in [3.05, 3.63) is 24.3 Å². The van der Waals surface area contributed by atoms with Crippen LogP contribution in [0.15, 0.2) is 24.3 Å². The zero-order valence-corrected chi connectivity index (χ0v) is 12.8. The normalized spacial score (nSPS) is 23.3. The van der Waals surface area contributed by atoms with E-state index in [4.69, 9.17) is 0 Å². The fraction of sp³-hybridized carbons (Fsp3) is 0.588. The Morgan fingerprint density at radius 3 is 2.81 bits per heavy atom. The molecule has 2 N–H and O–H groups in total. The van der Waals surface area contributed by atoms with E-state index in [1.54, 1.807) is 0 Å². The van der Waals surface area contributed by atoms with Gasteiger partial charge < -0.3 is 15.5 Å². The summed E-state index contributed by atoms with van der Waals surface area (Å²) in [5.74, 6) is 1.09. The van der Waals surface area contributed by atoms with Crippen molar-refractivity contribution in [1.82, 2.24) is 5.32 Å². The van der Waals surface area contributed by atoms with Crippen molar-refractivity contribution in [2.75, 3.05) is 36.4 Å². The van der Waals surface area contributed by atoms with Gasteiger partial charge in [0.1, 0.15) is 0 Å². The van der Waals surface area contributed by atoms with E-state index in [9.17, 15) is 4.79 Å². The summed E-state index contributed by atoms with van der Waals surface area (Å²) in [4.78, 5) is 14.6. The van der Waals surface area contributed by atoms with Crippen molar-refractivity contribution in [1.29, 1.82) is 0 Å². The zero-order valence-electron chi connectivity index (χ0n) is 12.8. The van der Waals surface area contributed by atoms with Gasteiger partial charge in [0.2, 0.25) is 5.91 Å². The maximum Gasteiger partial charge on any atom is 0.228 e. The van der Waals surface area contributed by atoms with Gasteiger partial charge in [-0.25, -0.2) is 0 Å². The molecular formula is C17H25N3O. The number of amides is 1. The SMILES string of the molecule is CC1CCN(c2cccc(NC(=O)C3CCNC3)c2)CC1. The van der Waals surface area contributed by atoms with Crippen LogP contribution < -0.4 is 15.5 Å². The lowest BCUT2D eigenvalue weighted by Crippen LogP contribution is -2.32. The third kappa shape index (κ3) is 3.56. The van der Waals surface area contributed by atoms with Crippen molar-refractivity contribution < 1.29 is 4.79 Å². The molecule has 4 nitrogen and oxygen atoms in total. The van der Waals surface area contributed by atoms with E-state index < -0.39 is 0 Å². The molecule has 114 valence electrons.